The van der Waals surface area contributed by atoms with Crippen molar-refractivity contribution in [1.82, 2.24) is 5.32 Å². The number of rotatable bonds is 3. The van der Waals surface area contributed by atoms with E-state index in [1.807, 2.05) is 0 Å². The lowest BCUT2D eigenvalue weighted by atomic mass is 10.1. The van der Waals surface area contributed by atoms with Crippen LogP contribution >= 0.6 is 0 Å². The van der Waals surface area contributed by atoms with Crippen molar-refractivity contribution in [2.45, 2.75) is 31.7 Å². The first-order valence-corrected chi connectivity index (χ1v) is 7.08. The molecule has 2 aromatic rings. The Kier molecular flexibility index (Phi) is 3.62. The molecule has 0 aliphatic heterocycles. The topological polar surface area (TPSA) is 102 Å². The van der Waals surface area contributed by atoms with Gasteiger partial charge in [-0.15, -0.1) is 0 Å². The summed E-state index contributed by atoms with van der Waals surface area (Å²) in [7, 11) is 0. The Morgan fingerprint density at radius 2 is 2.00 bits per heavy atom. The second-order valence-corrected chi connectivity index (χ2v) is 5.38. The lowest BCUT2D eigenvalue weighted by molar-refractivity contribution is -0.384. The molecule has 1 fully saturated rings. The van der Waals surface area contributed by atoms with Crippen LogP contribution in [0.15, 0.2) is 33.5 Å². The van der Waals surface area contributed by atoms with Crippen LogP contribution in [-0.2, 0) is 0 Å². The van der Waals surface area contributed by atoms with E-state index in [9.17, 15) is 19.7 Å². The van der Waals surface area contributed by atoms with E-state index in [1.165, 1.54) is 24.3 Å². The van der Waals surface area contributed by atoms with Crippen molar-refractivity contribution in [3.63, 3.8) is 0 Å². The van der Waals surface area contributed by atoms with Gasteiger partial charge in [0.1, 0.15) is 11.1 Å². The number of hydrogen-bond acceptors (Lipinski definition) is 5. The number of benzene rings is 1. The van der Waals surface area contributed by atoms with Gasteiger partial charge in [0.25, 0.3) is 11.6 Å². The Labute approximate surface area is 125 Å². The second-order valence-electron chi connectivity index (χ2n) is 5.38. The zero-order valence-corrected chi connectivity index (χ0v) is 11.7. The molecule has 0 bridgehead atoms. The molecule has 1 aromatic heterocycles. The number of carbonyl (C=O) groups is 1. The average molecular weight is 302 g/mol. The van der Waals surface area contributed by atoms with Crippen molar-refractivity contribution < 1.29 is 14.1 Å². The summed E-state index contributed by atoms with van der Waals surface area (Å²) < 4.78 is 5.07. The summed E-state index contributed by atoms with van der Waals surface area (Å²) in [6, 6.07) is 5.31. The fourth-order valence-corrected chi connectivity index (χ4v) is 2.72. The molecule has 7 nitrogen and oxygen atoms in total. The third-order valence-electron chi connectivity index (χ3n) is 3.86. The number of nitro benzene ring substituents is 1. The molecule has 7 heteroatoms. The fraction of sp³-hybridized carbons (Fsp3) is 0.333. The maximum atomic E-state index is 12.2. The maximum Gasteiger partial charge on any atom is 0.349 e. The molecule has 3 rings (SSSR count). The van der Waals surface area contributed by atoms with Gasteiger partial charge in [-0.3, -0.25) is 14.9 Å². The average Bonchev–Trinajstić information content (AvgIpc) is 2.98. The lowest BCUT2D eigenvalue weighted by Crippen LogP contribution is -2.35. The molecule has 0 radical (unpaired) electrons. The van der Waals surface area contributed by atoms with Gasteiger partial charge < -0.3 is 9.73 Å². The number of nitrogens with one attached hydrogen (secondary N) is 1. The Morgan fingerprint density at radius 1 is 1.27 bits per heavy atom. The van der Waals surface area contributed by atoms with Gasteiger partial charge in [-0.05, 0) is 25.0 Å². The molecule has 0 spiro atoms. The number of nitrogens with zero attached hydrogens (tertiary/aromatic N) is 1. The minimum absolute atomic E-state index is 0.0766. The van der Waals surface area contributed by atoms with E-state index >= 15 is 0 Å². The van der Waals surface area contributed by atoms with Gasteiger partial charge in [-0.2, -0.15) is 0 Å². The van der Waals surface area contributed by atoms with Crippen LogP contribution in [0.1, 0.15) is 36.0 Å². The number of amides is 1. The van der Waals surface area contributed by atoms with Gasteiger partial charge in [0.05, 0.1) is 4.92 Å². The number of carbonyl (C=O) groups excluding carboxylic acids is 1. The first-order chi connectivity index (χ1) is 10.5. The van der Waals surface area contributed by atoms with Crippen LogP contribution in [-0.4, -0.2) is 16.9 Å². The summed E-state index contributed by atoms with van der Waals surface area (Å²) in [5.41, 5.74) is -0.770. The minimum atomic E-state index is -0.739. The number of non-ortho nitro benzene ring substituents is 1. The van der Waals surface area contributed by atoms with E-state index in [1.54, 1.807) is 0 Å². The van der Waals surface area contributed by atoms with Crippen LogP contribution in [0.25, 0.3) is 11.0 Å². The third kappa shape index (κ3) is 2.69. The number of fused-ring (bicyclic) bond motifs is 1. The molecule has 1 N–H and O–H groups in total. The predicted molar refractivity (Wildman–Crippen MR) is 78.9 cm³/mol. The quantitative estimate of drug-likeness (QED) is 0.532. The van der Waals surface area contributed by atoms with Crippen molar-refractivity contribution in [3.8, 4) is 0 Å². The van der Waals surface area contributed by atoms with Crippen molar-refractivity contribution in [3.05, 3.63) is 50.4 Å². The van der Waals surface area contributed by atoms with Crippen LogP contribution in [0, 0.1) is 10.1 Å². The van der Waals surface area contributed by atoms with Gasteiger partial charge >= 0.3 is 5.63 Å². The highest BCUT2D eigenvalue weighted by atomic mass is 16.6. The normalized spacial score (nSPS) is 15.1. The van der Waals surface area contributed by atoms with E-state index in [0.717, 1.165) is 25.7 Å². The molecule has 22 heavy (non-hydrogen) atoms. The van der Waals surface area contributed by atoms with E-state index < -0.39 is 16.5 Å². The first-order valence-electron chi connectivity index (χ1n) is 7.08. The zero-order chi connectivity index (χ0) is 15.7. The Balaban J connectivity index is 1.97. The van der Waals surface area contributed by atoms with Crippen molar-refractivity contribution >= 4 is 22.6 Å². The largest absolute Gasteiger partial charge is 0.422 e. The van der Waals surface area contributed by atoms with E-state index in [0.29, 0.717) is 5.39 Å². The van der Waals surface area contributed by atoms with Crippen LogP contribution in [0.3, 0.4) is 0 Å². The molecule has 1 aliphatic carbocycles. The molecule has 114 valence electrons. The smallest absolute Gasteiger partial charge is 0.349 e. The SMILES string of the molecule is O=C(NC1CCCC1)c1cc2cc([N+](=O)[O-])ccc2oc1=O. The van der Waals surface area contributed by atoms with Gasteiger partial charge in [0.15, 0.2) is 0 Å². The molecule has 0 unspecified atom stereocenters. The molecular weight excluding hydrogens is 288 g/mol. The van der Waals surface area contributed by atoms with Crippen molar-refractivity contribution in [2.24, 2.45) is 0 Å². The second kappa shape index (κ2) is 5.59. The van der Waals surface area contributed by atoms with Crippen molar-refractivity contribution in [2.75, 3.05) is 0 Å². The number of nitro groups is 1. The lowest BCUT2D eigenvalue weighted by Gasteiger charge is -2.11. The molecular formula is C15H14N2O5. The molecule has 1 aromatic carbocycles. The Morgan fingerprint density at radius 3 is 2.68 bits per heavy atom. The van der Waals surface area contributed by atoms with Crippen LogP contribution in [0.4, 0.5) is 5.69 Å². The highest BCUT2D eigenvalue weighted by Crippen LogP contribution is 2.21. The summed E-state index contributed by atoms with van der Waals surface area (Å²) in [5.74, 6) is -0.492. The molecule has 1 amide bonds. The van der Waals surface area contributed by atoms with Gasteiger partial charge in [-0.25, -0.2) is 4.79 Å². The monoisotopic (exact) mass is 302 g/mol. The van der Waals surface area contributed by atoms with E-state index in [-0.39, 0.29) is 22.9 Å². The highest BCUT2D eigenvalue weighted by molar-refractivity contribution is 5.97. The Bertz CT molecular complexity index is 805. The standard InChI is InChI=1S/C15H14N2O5/c18-14(16-10-3-1-2-4-10)12-8-9-7-11(17(20)21)5-6-13(9)22-15(12)19/h5-8,10H,1-4H2,(H,16,18). The summed E-state index contributed by atoms with van der Waals surface area (Å²) in [6.07, 6.45) is 3.92. The van der Waals surface area contributed by atoms with Crippen LogP contribution < -0.4 is 10.9 Å². The van der Waals surface area contributed by atoms with Gasteiger partial charge in [0, 0.05) is 23.6 Å². The molecule has 1 saturated carbocycles. The molecule has 1 heterocycles. The van der Waals surface area contributed by atoms with Crippen molar-refractivity contribution in [1.29, 1.82) is 0 Å². The number of hydrogen-bond donors (Lipinski definition) is 1. The Hall–Kier alpha value is -2.70. The summed E-state index contributed by atoms with van der Waals surface area (Å²) in [5, 5.41) is 14.0. The van der Waals surface area contributed by atoms with E-state index in [2.05, 4.69) is 5.32 Å². The van der Waals surface area contributed by atoms with Crippen LogP contribution in [0.2, 0.25) is 0 Å². The first kappa shape index (κ1) is 14.2. The fourth-order valence-electron chi connectivity index (χ4n) is 2.72. The summed E-state index contributed by atoms with van der Waals surface area (Å²) in [6.45, 7) is 0. The zero-order valence-electron chi connectivity index (χ0n) is 11.7. The predicted octanol–water partition coefficient (Wildman–Crippen LogP) is 2.37. The minimum Gasteiger partial charge on any atom is -0.422 e. The van der Waals surface area contributed by atoms with E-state index in [4.69, 9.17) is 4.42 Å². The van der Waals surface area contributed by atoms with Crippen LogP contribution in [0.5, 0.6) is 0 Å². The summed E-state index contributed by atoms with van der Waals surface area (Å²) in [4.78, 5) is 34.3. The van der Waals surface area contributed by atoms with Gasteiger partial charge in [0.2, 0.25) is 0 Å². The molecule has 1 aliphatic rings. The summed E-state index contributed by atoms with van der Waals surface area (Å²) >= 11 is 0. The molecule has 0 atom stereocenters. The maximum absolute atomic E-state index is 12.2. The molecule has 0 saturated heterocycles. The third-order valence-corrected chi connectivity index (χ3v) is 3.86. The highest BCUT2D eigenvalue weighted by Gasteiger charge is 2.21. The van der Waals surface area contributed by atoms with Gasteiger partial charge in [-0.1, -0.05) is 12.8 Å².